The summed E-state index contributed by atoms with van der Waals surface area (Å²) >= 11 is 0. The molecule has 69 heavy (non-hydrogen) atoms. The first-order valence-electron chi connectivity index (χ1n) is 23.6. The molecule has 356 valence electrons. The molecule has 2 aromatic heterocycles. The van der Waals surface area contributed by atoms with Gasteiger partial charge in [-0.2, -0.15) is 4.99 Å². The number of aliphatic imine (C=N–C) groups is 1. The number of nitrogens with one attached hydrogen (secondary N) is 3. The van der Waals surface area contributed by atoms with Gasteiger partial charge in [-0.3, -0.25) is 9.59 Å². The summed E-state index contributed by atoms with van der Waals surface area (Å²) in [6, 6.07) is 29.1. The smallest absolute Gasteiger partial charge is 0.432 e. The summed E-state index contributed by atoms with van der Waals surface area (Å²) in [5, 5.41) is 6.76. The van der Waals surface area contributed by atoms with Gasteiger partial charge in [-0.1, -0.05) is 101 Å². The maximum Gasteiger partial charge on any atom is 0.432 e. The van der Waals surface area contributed by atoms with Gasteiger partial charge in [0.1, 0.15) is 17.7 Å². The fourth-order valence-electron chi connectivity index (χ4n) is 10.1. The largest absolute Gasteiger partial charge is 0.505 e. The van der Waals surface area contributed by atoms with Gasteiger partial charge in [0.25, 0.3) is 0 Å². The highest BCUT2D eigenvalue weighted by atomic mass is 16.5. The van der Waals surface area contributed by atoms with Crippen molar-refractivity contribution in [2.24, 2.45) is 34.6 Å². The van der Waals surface area contributed by atoms with Gasteiger partial charge in [0, 0.05) is 29.6 Å². The number of likely N-dealkylation sites (tertiary alicyclic amines) is 1. The Bertz CT molecular complexity index is 3130. The van der Waals surface area contributed by atoms with Crippen molar-refractivity contribution >= 4 is 73.8 Å². The highest BCUT2D eigenvalue weighted by Crippen LogP contribution is 2.58. The van der Waals surface area contributed by atoms with Crippen LogP contribution in [-0.2, 0) is 30.3 Å². The molecule has 1 aliphatic carbocycles. The Labute approximate surface area is 400 Å². The van der Waals surface area contributed by atoms with E-state index >= 15 is 0 Å². The molecule has 1 aliphatic heterocycles. The lowest BCUT2D eigenvalue weighted by Crippen LogP contribution is -2.44. The van der Waals surface area contributed by atoms with E-state index in [2.05, 4.69) is 81.8 Å². The Hall–Kier alpha value is -7.55. The zero-order valence-electron chi connectivity index (χ0n) is 39.9. The summed E-state index contributed by atoms with van der Waals surface area (Å²) in [6.45, 7) is 8.74. The molecule has 8 atom stereocenters. The molecule has 1 saturated heterocycles. The minimum absolute atomic E-state index is 0.0155. The number of hydrogen-bond acceptors (Lipinski definition) is 9. The molecule has 0 spiro atoms. The van der Waals surface area contributed by atoms with Crippen molar-refractivity contribution in [1.82, 2.24) is 35.1 Å². The number of amides is 4. The van der Waals surface area contributed by atoms with Crippen molar-refractivity contribution in [3.05, 3.63) is 121 Å². The van der Waals surface area contributed by atoms with Crippen molar-refractivity contribution in [3.63, 3.8) is 0 Å². The fraction of sp³-hybridized carbons (Fsp3) is 0.352. The minimum Gasteiger partial charge on any atom is -0.505 e. The van der Waals surface area contributed by atoms with Crippen molar-refractivity contribution in [2.45, 2.75) is 65.2 Å². The number of hydrogen-bond donors (Lipinski definition) is 3. The first-order chi connectivity index (χ1) is 33.4. The third kappa shape index (κ3) is 9.25. The number of carbonyl (C=O) groups excluding carboxylic acids is 4. The summed E-state index contributed by atoms with van der Waals surface area (Å²) in [6.07, 6.45) is 5.10. The number of ether oxygens (including phenoxy) is 3. The van der Waals surface area contributed by atoms with Gasteiger partial charge in [-0.15, -0.1) is 0 Å². The first-order valence-corrected chi connectivity index (χ1v) is 23.6. The zero-order valence-corrected chi connectivity index (χ0v) is 39.9. The van der Waals surface area contributed by atoms with Gasteiger partial charge in [0.05, 0.1) is 68.2 Å². The van der Waals surface area contributed by atoms with E-state index in [9.17, 15) is 19.2 Å². The normalized spacial score (nSPS) is 19.5. The van der Waals surface area contributed by atoms with Crippen LogP contribution < -0.4 is 5.32 Å². The Balaban J connectivity index is 0.981. The average Bonchev–Trinajstić information content (AvgIpc) is 3.80. The highest BCUT2D eigenvalue weighted by molar-refractivity contribution is 6.08. The van der Waals surface area contributed by atoms with Gasteiger partial charge in [0.2, 0.25) is 11.8 Å². The monoisotopic (exact) mass is 930 g/mol. The first kappa shape index (κ1) is 46.6. The van der Waals surface area contributed by atoms with Crippen LogP contribution in [0, 0.1) is 29.6 Å². The van der Waals surface area contributed by atoms with Crippen molar-refractivity contribution in [1.29, 1.82) is 0 Å². The number of aromatic nitrogens is 4. The van der Waals surface area contributed by atoms with Crippen molar-refractivity contribution in [2.75, 3.05) is 27.9 Å². The standard InChI is InChI=1S/C54H58N8O7/c1-8-31(3)41(27-55-53(65)68-6)51(63)62-44(26-40-32(4)49(40)62)50-57-43-21-17-37-25-35(15-19-39(37)48(43)59-50)34-14-18-38-36(24-34)16-20-42-47(38)58-45(56-42)29-61(28-30(2)22-23-67-5)52(64)46(60-54(66)69-7)33-12-10-9-11-13-33/h9-25,27,30-32,40-41,44,46,49H,8,26,28-29H2,1-7H3,(H,56,58)(H,57,59)(H,60,66)/b23-22+,55-27?/t30?,31-,32?,40-,41?,44-,46+,49+/m0/s1. The van der Waals surface area contributed by atoms with E-state index in [0.717, 1.165) is 73.4 Å². The summed E-state index contributed by atoms with van der Waals surface area (Å²) < 4.78 is 14.8. The number of nitrogens with zero attached hydrogens (tertiary/aromatic N) is 5. The van der Waals surface area contributed by atoms with E-state index in [0.29, 0.717) is 29.8 Å². The number of methoxy groups -OCH3 is 3. The molecule has 3 N–H and O–H groups in total. The molecule has 5 aromatic carbocycles. The Kier molecular flexibility index (Phi) is 13.2. The molecule has 9 rings (SSSR count). The lowest BCUT2D eigenvalue weighted by Gasteiger charge is -2.31. The second kappa shape index (κ2) is 19.6. The van der Waals surface area contributed by atoms with Crippen LogP contribution in [0.3, 0.4) is 0 Å². The van der Waals surface area contributed by atoms with Gasteiger partial charge in [0.15, 0.2) is 0 Å². The number of H-pyrrole nitrogens is 2. The average molecular weight is 931 g/mol. The number of alkyl carbamates (subject to hydrolysis) is 1. The number of aromatic amines is 2. The van der Waals surface area contributed by atoms with E-state index in [1.165, 1.54) is 20.4 Å². The highest BCUT2D eigenvalue weighted by Gasteiger charge is 2.61. The van der Waals surface area contributed by atoms with Crippen LogP contribution in [0.4, 0.5) is 9.59 Å². The van der Waals surface area contributed by atoms with Crippen molar-refractivity contribution < 1.29 is 33.4 Å². The maximum atomic E-state index is 14.4. The van der Waals surface area contributed by atoms with Crippen LogP contribution in [-0.4, -0.2) is 93.9 Å². The molecular weight excluding hydrogens is 873 g/mol. The summed E-state index contributed by atoms with van der Waals surface area (Å²) in [5.41, 5.74) is 6.11. The number of benzene rings is 5. The van der Waals surface area contributed by atoms with Crippen LogP contribution in [0.2, 0.25) is 0 Å². The molecule has 15 heteroatoms. The molecule has 7 aromatic rings. The lowest BCUT2D eigenvalue weighted by atomic mass is 9.90. The molecule has 2 aliphatic rings. The predicted octanol–water partition coefficient (Wildman–Crippen LogP) is 10.0. The lowest BCUT2D eigenvalue weighted by molar-refractivity contribution is -0.137. The molecule has 3 unspecified atom stereocenters. The van der Waals surface area contributed by atoms with E-state index in [-0.39, 0.29) is 42.3 Å². The molecule has 0 bridgehead atoms. The Morgan fingerprint density at radius 1 is 0.870 bits per heavy atom. The van der Waals surface area contributed by atoms with Gasteiger partial charge < -0.3 is 39.3 Å². The van der Waals surface area contributed by atoms with Crippen LogP contribution in [0.1, 0.15) is 69.8 Å². The topological polar surface area (TPSA) is 184 Å². The predicted molar refractivity (Wildman–Crippen MR) is 266 cm³/mol. The zero-order chi connectivity index (χ0) is 48.5. The van der Waals surface area contributed by atoms with Gasteiger partial charge >= 0.3 is 12.2 Å². The Morgan fingerprint density at radius 3 is 2.17 bits per heavy atom. The number of imidazole rings is 2. The van der Waals surface area contributed by atoms with E-state index in [1.54, 1.807) is 30.4 Å². The Morgan fingerprint density at radius 2 is 1.54 bits per heavy atom. The second-order valence-corrected chi connectivity index (χ2v) is 18.5. The van der Waals surface area contributed by atoms with Crippen LogP contribution in [0.5, 0.6) is 0 Å². The summed E-state index contributed by atoms with van der Waals surface area (Å²) in [4.78, 5) is 78.1. The molecular formula is C54H58N8O7. The molecule has 2 fully saturated rings. The van der Waals surface area contributed by atoms with Crippen molar-refractivity contribution in [3.8, 4) is 11.1 Å². The molecule has 0 radical (unpaired) electrons. The van der Waals surface area contributed by atoms with Gasteiger partial charge in [-0.05, 0) is 87.9 Å². The van der Waals surface area contributed by atoms with Crippen LogP contribution >= 0.6 is 0 Å². The number of rotatable bonds is 15. The van der Waals surface area contributed by atoms with E-state index in [4.69, 9.17) is 24.2 Å². The quantitative estimate of drug-likeness (QED) is 0.0665. The molecule has 15 nitrogen and oxygen atoms in total. The van der Waals surface area contributed by atoms with Crippen LogP contribution in [0.15, 0.2) is 108 Å². The molecule has 3 heterocycles. The SMILES string of the molecule is CC[C@H](C)C(C=NC(=O)OC)C(=O)N1[C@@H]2C(C)[C@@H]2C[C@H]1c1nc2c(ccc3cc(-c4ccc5c(ccc6[nH]c(CN(CC(C)/C=C/OC)C(=O)[C@H](NC(=O)OC)c7ccccc7)nc65)c4)ccc32)[nH]1. The second-order valence-electron chi connectivity index (χ2n) is 18.5. The minimum atomic E-state index is -0.982. The summed E-state index contributed by atoms with van der Waals surface area (Å²) in [5.74, 6) is 1.18. The van der Waals surface area contributed by atoms with E-state index < -0.39 is 24.1 Å². The number of fused-ring (bicyclic) bond motifs is 7. The number of carbonyl (C=O) groups is 4. The third-order valence-corrected chi connectivity index (χ3v) is 14.2. The molecule has 1 saturated carbocycles. The van der Waals surface area contributed by atoms with Gasteiger partial charge in [-0.25, -0.2) is 19.6 Å². The maximum absolute atomic E-state index is 14.4. The molecule has 4 amide bonds. The fourth-order valence-corrected chi connectivity index (χ4v) is 10.1. The van der Waals surface area contributed by atoms with E-state index in [1.807, 2.05) is 56.0 Å². The van der Waals surface area contributed by atoms with Crippen LogP contribution in [0.25, 0.3) is 54.7 Å². The number of piperidine rings is 1. The summed E-state index contributed by atoms with van der Waals surface area (Å²) in [7, 11) is 4.13. The third-order valence-electron chi connectivity index (χ3n) is 14.2.